The summed E-state index contributed by atoms with van der Waals surface area (Å²) >= 11 is 0. The summed E-state index contributed by atoms with van der Waals surface area (Å²) in [5.74, 6) is 1.24. The minimum absolute atomic E-state index is 0.0123. The van der Waals surface area contributed by atoms with E-state index < -0.39 is 5.82 Å². The molecule has 4 aromatic heterocycles. The number of pyridine rings is 1. The average molecular weight is 468 g/mol. The molecule has 0 atom stereocenters. The highest BCUT2D eigenvalue weighted by molar-refractivity contribution is 5.80. The molecule has 0 N–H and O–H groups in total. The molecule has 1 fully saturated rings. The molecule has 0 amide bonds. The molecule has 34 heavy (non-hydrogen) atoms. The topological polar surface area (TPSA) is 104 Å². The van der Waals surface area contributed by atoms with Gasteiger partial charge in [-0.25, -0.2) is 14.4 Å². The van der Waals surface area contributed by atoms with Gasteiger partial charge in [0.1, 0.15) is 11.9 Å². The van der Waals surface area contributed by atoms with E-state index in [1.807, 2.05) is 20.8 Å². The van der Waals surface area contributed by atoms with Crippen molar-refractivity contribution in [1.82, 2.24) is 29.7 Å². The van der Waals surface area contributed by atoms with Crippen molar-refractivity contribution in [3.05, 3.63) is 41.9 Å². The second-order valence-electron chi connectivity index (χ2n) is 8.58. The van der Waals surface area contributed by atoms with E-state index in [0.29, 0.717) is 40.2 Å². The van der Waals surface area contributed by atoms with Crippen molar-refractivity contribution in [3.8, 4) is 22.9 Å². The van der Waals surface area contributed by atoms with Gasteiger partial charge in [-0.05, 0) is 6.92 Å². The summed E-state index contributed by atoms with van der Waals surface area (Å²) < 4.78 is 33.1. The number of anilines is 1. The summed E-state index contributed by atoms with van der Waals surface area (Å²) in [6.07, 6.45) is 4.64. The Morgan fingerprint density at radius 2 is 2.00 bits per heavy atom. The summed E-state index contributed by atoms with van der Waals surface area (Å²) in [6.45, 7) is 7.36. The van der Waals surface area contributed by atoms with Crippen molar-refractivity contribution in [3.63, 3.8) is 0 Å². The fourth-order valence-electron chi connectivity index (χ4n) is 4.07. The maximum atomic E-state index is 14.8. The first kappa shape index (κ1) is 22.1. The molecule has 5 rings (SSSR count). The van der Waals surface area contributed by atoms with Gasteiger partial charge in [-0.1, -0.05) is 19.0 Å². The summed E-state index contributed by atoms with van der Waals surface area (Å²) in [7, 11) is 1.45. The first-order valence-corrected chi connectivity index (χ1v) is 11.2. The molecule has 1 aliphatic heterocycles. The fourth-order valence-corrected chi connectivity index (χ4v) is 4.07. The molecule has 178 valence electrons. The Balaban J connectivity index is 1.35. The lowest BCUT2D eigenvalue weighted by Gasteiger charge is -2.30. The number of ether oxygens (including phenoxy) is 2. The van der Waals surface area contributed by atoms with Crippen LogP contribution in [-0.2, 0) is 0 Å². The minimum atomic E-state index is -0.452. The smallest absolute Gasteiger partial charge is 0.324 e. The van der Waals surface area contributed by atoms with Gasteiger partial charge in [-0.15, -0.1) is 0 Å². The third kappa shape index (κ3) is 4.02. The van der Waals surface area contributed by atoms with Crippen LogP contribution in [0.15, 0.2) is 29.0 Å². The molecule has 0 bridgehead atoms. The quantitative estimate of drug-likeness (QED) is 0.419. The molecule has 4 aromatic rings. The zero-order chi connectivity index (χ0) is 23.8. The molecular weight excluding hydrogens is 441 g/mol. The van der Waals surface area contributed by atoms with Crippen LogP contribution in [0.1, 0.15) is 44.1 Å². The Labute approximate surface area is 195 Å². The van der Waals surface area contributed by atoms with Crippen LogP contribution >= 0.6 is 0 Å². The zero-order valence-corrected chi connectivity index (χ0v) is 19.5. The molecule has 0 spiro atoms. The van der Waals surface area contributed by atoms with Gasteiger partial charge in [0.05, 0.1) is 18.4 Å². The number of methoxy groups -OCH3 is 1. The fraction of sp³-hybridized carbons (Fsp3) is 0.435. The van der Waals surface area contributed by atoms with Crippen molar-refractivity contribution in [1.29, 1.82) is 0 Å². The summed E-state index contributed by atoms with van der Waals surface area (Å²) in [4.78, 5) is 15.1. The lowest BCUT2D eigenvalue weighted by molar-refractivity contribution is 0.157. The van der Waals surface area contributed by atoms with Crippen LogP contribution < -0.4 is 14.4 Å². The number of halogens is 1. The lowest BCUT2D eigenvalue weighted by atomic mass is 10.1. The monoisotopic (exact) mass is 467 g/mol. The molecule has 0 aromatic carbocycles. The molecule has 1 saturated heterocycles. The summed E-state index contributed by atoms with van der Waals surface area (Å²) in [6, 6.07) is 3.57. The first-order valence-electron chi connectivity index (χ1n) is 11.2. The number of rotatable bonds is 6. The van der Waals surface area contributed by atoms with Gasteiger partial charge in [-0.3, -0.25) is 0 Å². The molecule has 0 unspecified atom stereocenters. The van der Waals surface area contributed by atoms with Gasteiger partial charge in [0.15, 0.2) is 11.5 Å². The predicted octanol–water partition coefficient (Wildman–Crippen LogP) is 3.80. The van der Waals surface area contributed by atoms with E-state index in [1.165, 1.54) is 19.4 Å². The highest BCUT2D eigenvalue weighted by Gasteiger charge is 2.26. The van der Waals surface area contributed by atoms with Gasteiger partial charge in [0, 0.05) is 61.9 Å². The highest BCUT2D eigenvalue weighted by Crippen LogP contribution is 2.32. The largest absolute Gasteiger partial charge is 0.481 e. The van der Waals surface area contributed by atoms with Crippen LogP contribution in [0.2, 0.25) is 0 Å². The van der Waals surface area contributed by atoms with Crippen LogP contribution in [0.5, 0.6) is 11.8 Å². The normalized spacial score (nSPS) is 14.8. The second-order valence-corrected chi connectivity index (χ2v) is 8.58. The standard InChI is InChI=1S/C23H26FN7O3/c1-13(2)21-27-23(34-29-21)30-9-6-15(7-10-30)33-19-5-8-25-22-20(14(3)28-31(19)22)16-12-26-18(32-4)11-17(16)24/h5,8,11-13,15H,6-7,9-10H2,1-4H3. The Morgan fingerprint density at radius 3 is 2.68 bits per heavy atom. The number of aryl methyl sites for hydroxylation is 1. The number of fused-ring (bicyclic) bond motifs is 1. The molecule has 0 saturated carbocycles. The Hall–Kier alpha value is -3.76. The Morgan fingerprint density at radius 1 is 1.21 bits per heavy atom. The van der Waals surface area contributed by atoms with E-state index in [0.717, 1.165) is 25.9 Å². The third-order valence-electron chi connectivity index (χ3n) is 5.91. The van der Waals surface area contributed by atoms with Crippen LogP contribution in [-0.4, -0.2) is 56.0 Å². The van der Waals surface area contributed by atoms with Crippen LogP contribution in [0.3, 0.4) is 0 Å². The van der Waals surface area contributed by atoms with Gasteiger partial charge in [-0.2, -0.15) is 14.6 Å². The maximum absolute atomic E-state index is 14.8. The van der Waals surface area contributed by atoms with Crippen molar-refractivity contribution in [2.24, 2.45) is 0 Å². The number of hydrogen-bond donors (Lipinski definition) is 0. The van der Waals surface area contributed by atoms with E-state index in [1.54, 1.807) is 16.8 Å². The minimum Gasteiger partial charge on any atom is -0.481 e. The Kier molecular flexibility index (Phi) is 5.76. The third-order valence-corrected chi connectivity index (χ3v) is 5.91. The van der Waals surface area contributed by atoms with E-state index in [9.17, 15) is 4.39 Å². The lowest BCUT2D eigenvalue weighted by Crippen LogP contribution is -2.38. The molecule has 0 radical (unpaired) electrons. The molecule has 11 heteroatoms. The Bertz CT molecular complexity index is 1310. The molecular formula is C23H26FN7O3. The SMILES string of the molecule is COc1cc(F)c(-c2c(C)nn3c(OC4CCN(c5nc(C(C)C)no5)CC4)ccnc23)cn1. The van der Waals surface area contributed by atoms with Crippen molar-refractivity contribution in [2.75, 3.05) is 25.1 Å². The van der Waals surface area contributed by atoms with E-state index in [-0.39, 0.29) is 17.9 Å². The van der Waals surface area contributed by atoms with Crippen LogP contribution in [0, 0.1) is 12.7 Å². The maximum Gasteiger partial charge on any atom is 0.324 e. The highest BCUT2D eigenvalue weighted by atomic mass is 19.1. The van der Waals surface area contributed by atoms with E-state index in [4.69, 9.17) is 14.0 Å². The predicted molar refractivity (Wildman–Crippen MR) is 122 cm³/mol. The van der Waals surface area contributed by atoms with Crippen molar-refractivity contribution in [2.45, 2.75) is 45.6 Å². The first-order chi connectivity index (χ1) is 16.4. The van der Waals surface area contributed by atoms with Gasteiger partial charge >= 0.3 is 6.01 Å². The molecule has 10 nitrogen and oxygen atoms in total. The van der Waals surface area contributed by atoms with Gasteiger partial charge in [0.25, 0.3) is 0 Å². The van der Waals surface area contributed by atoms with E-state index >= 15 is 0 Å². The summed E-state index contributed by atoms with van der Waals surface area (Å²) in [5, 5.41) is 8.63. The van der Waals surface area contributed by atoms with Crippen LogP contribution in [0.25, 0.3) is 16.8 Å². The number of hydrogen-bond acceptors (Lipinski definition) is 9. The van der Waals surface area contributed by atoms with Crippen molar-refractivity contribution >= 4 is 11.7 Å². The van der Waals surface area contributed by atoms with Gasteiger partial charge in [0.2, 0.25) is 11.8 Å². The average Bonchev–Trinajstić information content (AvgIpc) is 3.45. The van der Waals surface area contributed by atoms with Gasteiger partial charge < -0.3 is 18.9 Å². The molecule has 5 heterocycles. The summed E-state index contributed by atoms with van der Waals surface area (Å²) in [5.41, 5.74) is 2.02. The second kappa shape index (κ2) is 8.88. The number of aromatic nitrogens is 6. The van der Waals surface area contributed by atoms with E-state index in [2.05, 4.69) is 30.1 Å². The van der Waals surface area contributed by atoms with Crippen molar-refractivity contribution < 1.29 is 18.4 Å². The number of nitrogens with zero attached hydrogens (tertiary/aromatic N) is 7. The zero-order valence-electron chi connectivity index (χ0n) is 19.5. The molecule has 1 aliphatic rings. The van der Waals surface area contributed by atoms with Crippen LogP contribution in [0.4, 0.5) is 10.4 Å². The molecule has 0 aliphatic carbocycles. The number of piperidine rings is 1.